The van der Waals surface area contributed by atoms with Crippen LogP contribution in [0.1, 0.15) is 0 Å². The van der Waals surface area contributed by atoms with Crippen molar-refractivity contribution >= 4 is 49.8 Å². The number of aryl methyl sites for hydroxylation is 1. The summed E-state index contributed by atoms with van der Waals surface area (Å²) < 4.78 is 28.3. The number of hydrogen-bond donors (Lipinski definition) is 1. The van der Waals surface area contributed by atoms with Crippen molar-refractivity contribution in [3.05, 3.63) is 40.8 Å². The Hall–Kier alpha value is -1.70. The number of anilines is 1. The average molecular weight is 359 g/mol. The Bertz CT molecular complexity index is 962. The minimum absolute atomic E-state index is 0.132. The number of benzene rings is 1. The van der Waals surface area contributed by atoms with Crippen LogP contribution in [0.4, 0.5) is 5.69 Å². The lowest BCUT2D eigenvalue weighted by molar-refractivity contribution is 0.595. The largest absolute Gasteiger partial charge is 0.360 e. The molecule has 1 aromatic carbocycles. The maximum atomic E-state index is 12.8. The van der Waals surface area contributed by atoms with Crippen LogP contribution in [0, 0.1) is 0 Å². The molecule has 9 heteroatoms. The number of hydrogen-bond acceptors (Lipinski definition) is 3. The second-order valence-electron chi connectivity index (χ2n) is 4.81. The monoisotopic (exact) mass is 358 g/mol. The van der Waals surface area contributed by atoms with Crippen molar-refractivity contribution in [2.24, 2.45) is 7.05 Å². The van der Waals surface area contributed by atoms with Gasteiger partial charge in [-0.15, -0.1) is 0 Å². The van der Waals surface area contributed by atoms with Crippen LogP contribution >= 0.6 is 23.2 Å². The molecule has 22 heavy (non-hydrogen) atoms. The van der Waals surface area contributed by atoms with E-state index < -0.39 is 10.0 Å². The Morgan fingerprint density at radius 2 is 1.95 bits per heavy atom. The Balaban J connectivity index is 2.15. The van der Waals surface area contributed by atoms with E-state index in [-0.39, 0.29) is 4.90 Å². The van der Waals surface area contributed by atoms with Gasteiger partial charge in [-0.25, -0.2) is 8.42 Å². The van der Waals surface area contributed by atoms with Gasteiger partial charge in [-0.2, -0.15) is 5.10 Å². The molecule has 0 unspecified atom stereocenters. The molecule has 116 valence electrons. The van der Waals surface area contributed by atoms with E-state index in [1.165, 1.54) is 28.4 Å². The van der Waals surface area contributed by atoms with Crippen LogP contribution in [0.15, 0.2) is 35.6 Å². The molecule has 0 aliphatic carbocycles. The fourth-order valence-corrected chi connectivity index (χ4v) is 3.81. The predicted octanol–water partition coefficient (Wildman–Crippen LogP) is 3.03. The van der Waals surface area contributed by atoms with Gasteiger partial charge in [-0.05, 0) is 12.1 Å². The molecule has 0 atom stereocenters. The minimum atomic E-state index is -3.74. The van der Waals surface area contributed by atoms with Gasteiger partial charge in [0, 0.05) is 37.4 Å². The van der Waals surface area contributed by atoms with Crippen LogP contribution < -0.4 is 4.31 Å². The van der Waals surface area contributed by atoms with Gasteiger partial charge in [0.05, 0.1) is 21.9 Å². The number of fused-ring (bicyclic) bond motifs is 1. The Kier molecular flexibility index (Phi) is 3.58. The molecule has 2 aromatic heterocycles. The molecule has 1 N–H and O–H groups in total. The second kappa shape index (κ2) is 5.19. The summed E-state index contributed by atoms with van der Waals surface area (Å²) >= 11 is 11.9. The smallest absolute Gasteiger partial charge is 0.266 e. The van der Waals surface area contributed by atoms with E-state index >= 15 is 0 Å². The first kappa shape index (κ1) is 15.2. The quantitative estimate of drug-likeness (QED) is 0.781. The van der Waals surface area contributed by atoms with Crippen molar-refractivity contribution in [2.75, 3.05) is 11.4 Å². The fraction of sp³-hybridized carbons (Fsp3) is 0.154. The van der Waals surface area contributed by atoms with Crippen molar-refractivity contribution in [1.29, 1.82) is 0 Å². The third kappa shape index (κ3) is 2.35. The van der Waals surface area contributed by atoms with Crippen LogP contribution in [0.3, 0.4) is 0 Å². The summed E-state index contributed by atoms with van der Waals surface area (Å²) in [6.07, 6.45) is 4.53. The minimum Gasteiger partial charge on any atom is -0.360 e. The number of nitrogens with one attached hydrogen (secondary N) is 1. The van der Waals surface area contributed by atoms with Gasteiger partial charge in [0.1, 0.15) is 4.90 Å². The first-order valence-corrected chi connectivity index (χ1v) is 8.44. The van der Waals surface area contributed by atoms with Crippen LogP contribution in [0.25, 0.3) is 10.9 Å². The number of H-pyrrole nitrogens is 1. The van der Waals surface area contributed by atoms with Gasteiger partial charge >= 0.3 is 0 Å². The van der Waals surface area contributed by atoms with Crippen LogP contribution in [0.5, 0.6) is 0 Å². The molecule has 2 heterocycles. The predicted molar refractivity (Wildman–Crippen MR) is 87.1 cm³/mol. The normalized spacial score (nSPS) is 12.0. The highest BCUT2D eigenvalue weighted by atomic mass is 35.5. The molecule has 0 fully saturated rings. The Morgan fingerprint density at radius 1 is 1.27 bits per heavy atom. The number of sulfonamides is 1. The lowest BCUT2D eigenvalue weighted by atomic mass is 10.2. The highest BCUT2D eigenvalue weighted by molar-refractivity contribution is 7.93. The van der Waals surface area contributed by atoms with Crippen molar-refractivity contribution in [3.63, 3.8) is 0 Å². The Morgan fingerprint density at radius 3 is 2.59 bits per heavy atom. The summed E-state index contributed by atoms with van der Waals surface area (Å²) in [5.74, 6) is 0. The zero-order valence-electron chi connectivity index (χ0n) is 11.7. The number of aromatic nitrogens is 3. The van der Waals surface area contributed by atoms with Crippen LogP contribution in [-0.2, 0) is 17.1 Å². The number of aromatic amines is 1. The first-order chi connectivity index (χ1) is 10.3. The summed E-state index contributed by atoms with van der Waals surface area (Å²) in [5, 5.41) is 5.14. The first-order valence-electron chi connectivity index (χ1n) is 6.24. The van der Waals surface area contributed by atoms with E-state index in [2.05, 4.69) is 10.1 Å². The maximum absolute atomic E-state index is 12.8. The SMILES string of the molecule is CN(c1cnn(C)c1)S(=O)(=O)c1c[nH]c2cc(Cl)c(Cl)cc12. The summed E-state index contributed by atoms with van der Waals surface area (Å²) in [4.78, 5) is 3.04. The summed E-state index contributed by atoms with van der Waals surface area (Å²) in [6.45, 7) is 0. The van der Waals surface area contributed by atoms with Crippen molar-refractivity contribution in [1.82, 2.24) is 14.8 Å². The average Bonchev–Trinajstić information content (AvgIpc) is 3.05. The van der Waals surface area contributed by atoms with Crippen LogP contribution in [0.2, 0.25) is 10.0 Å². The molecule has 0 saturated carbocycles. The van der Waals surface area contributed by atoms with Gasteiger partial charge in [0.15, 0.2) is 0 Å². The number of nitrogens with zero attached hydrogens (tertiary/aromatic N) is 3. The van der Waals surface area contributed by atoms with Gasteiger partial charge in [0.2, 0.25) is 0 Å². The molecular formula is C13H12Cl2N4O2S. The van der Waals surface area contributed by atoms with E-state index in [0.29, 0.717) is 26.6 Å². The van der Waals surface area contributed by atoms with Crippen molar-refractivity contribution in [2.45, 2.75) is 4.90 Å². The van der Waals surface area contributed by atoms with E-state index in [9.17, 15) is 8.42 Å². The molecule has 0 amide bonds. The molecule has 0 aliphatic heterocycles. The maximum Gasteiger partial charge on any atom is 0.266 e. The summed E-state index contributed by atoms with van der Waals surface area (Å²) in [5.41, 5.74) is 1.07. The van der Waals surface area contributed by atoms with E-state index in [1.807, 2.05) is 0 Å². The standard InChI is InChI=1S/C13H12Cl2N4O2S/c1-18-7-8(5-17-18)19(2)22(20,21)13-6-16-12-4-11(15)10(14)3-9(12)13/h3-7,16H,1-2H3. The molecule has 6 nitrogen and oxygen atoms in total. The highest BCUT2D eigenvalue weighted by Gasteiger charge is 2.26. The molecule has 3 aromatic rings. The molecule has 3 rings (SSSR count). The zero-order chi connectivity index (χ0) is 16.1. The second-order valence-corrected chi connectivity index (χ2v) is 7.56. The molecule has 0 spiro atoms. The Labute approximate surface area is 137 Å². The molecule has 0 aliphatic rings. The third-order valence-corrected chi connectivity index (χ3v) is 5.93. The fourth-order valence-electron chi connectivity index (χ4n) is 2.16. The van der Waals surface area contributed by atoms with E-state index in [4.69, 9.17) is 23.2 Å². The topological polar surface area (TPSA) is 71.0 Å². The molecule has 0 saturated heterocycles. The van der Waals surface area contributed by atoms with Gasteiger partial charge in [-0.1, -0.05) is 23.2 Å². The van der Waals surface area contributed by atoms with Crippen molar-refractivity contribution in [3.8, 4) is 0 Å². The molecular weight excluding hydrogens is 347 g/mol. The summed E-state index contributed by atoms with van der Waals surface area (Å²) in [6, 6.07) is 3.14. The van der Waals surface area contributed by atoms with Gasteiger partial charge in [0.25, 0.3) is 10.0 Å². The molecule has 0 bridgehead atoms. The van der Waals surface area contributed by atoms with Gasteiger partial charge < -0.3 is 4.98 Å². The highest BCUT2D eigenvalue weighted by Crippen LogP contribution is 2.33. The lowest BCUT2D eigenvalue weighted by Crippen LogP contribution is -2.26. The number of rotatable bonds is 3. The summed E-state index contributed by atoms with van der Waals surface area (Å²) in [7, 11) is -0.550. The van der Waals surface area contributed by atoms with E-state index in [1.54, 1.807) is 25.4 Å². The lowest BCUT2D eigenvalue weighted by Gasteiger charge is -2.16. The zero-order valence-corrected chi connectivity index (χ0v) is 14.0. The van der Waals surface area contributed by atoms with Crippen molar-refractivity contribution < 1.29 is 8.42 Å². The van der Waals surface area contributed by atoms with Gasteiger partial charge in [-0.3, -0.25) is 8.99 Å². The van der Waals surface area contributed by atoms with E-state index in [0.717, 1.165) is 0 Å². The third-order valence-electron chi connectivity index (χ3n) is 3.38. The number of halogens is 2. The molecule has 0 radical (unpaired) electrons. The van der Waals surface area contributed by atoms with Crippen LogP contribution in [-0.4, -0.2) is 30.2 Å².